The quantitative estimate of drug-likeness (QED) is 0.808. The molecule has 19 heavy (non-hydrogen) atoms. The second kappa shape index (κ2) is 6.52. The first-order valence-electron chi connectivity index (χ1n) is 5.70. The van der Waals surface area contributed by atoms with Gasteiger partial charge in [0.1, 0.15) is 0 Å². The number of rotatable bonds is 1. The van der Waals surface area contributed by atoms with Crippen molar-refractivity contribution in [2.24, 2.45) is 0 Å². The van der Waals surface area contributed by atoms with Gasteiger partial charge in [-0.2, -0.15) is 0 Å². The Labute approximate surface area is 126 Å². The monoisotopic (exact) mass is 318 g/mol. The normalized spacial score (nSPS) is 15.2. The van der Waals surface area contributed by atoms with Gasteiger partial charge in [-0.1, -0.05) is 35.4 Å². The molecule has 1 aliphatic heterocycles. The highest BCUT2D eigenvalue weighted by atomic mass is 35.5. The van der Waals surface area contributed by atoms with Gasteiger partial charge in [0, 0.05) is 28.8 Å². The van der Waals surface area contributed by atoms with E-state index in [0.717, 1.165) is 0 Å². The average molecular weight is 319 g/mol. The molecular weight excluding hydrogens is 307 g/mol. The summed E-state index contributed by atoms with van der Waals surface area (Å²) in [6, 6.07) is 4.83. The van der Waals surface area contributed by atoms with Gasteiger partial charge in [-0.3, -0.25) is 4.79 Å². The Morgan fingerprint density at radius 3 is 2.37 bits per heavy atom. The molecule has 0 radical (unpaired) electrons. The number of morpholine rings is 1. The van der Waals surface area contributed by atoms with E-state index in [4.69, 9.17) is 40.2 Å². The predicted octanol–water partition coefficient (Wildman–Crippen LogP) is 2.59. The highest BCUT2D eigenvalue weighted by molar-refractivity contribution is 7.82. The number of carbonyl (C=O) groups excluding carboxylic acids is 1. The van der Waals surface area contributed by atoms with E-state index in [9.17, 15) is 4.79 Å². The molecule has 2 rings (SSSR count). The Morgan fingerprint density at radius 1 is 1.21 bits per heavy atom. The van der Waals surface area contributed by atoms with E-state index >= 15 is 0 Å². The first kappa shape index (κ1) is 14.5. The zero-order chi connectivity index (χ0) is 13.8. The fourth-order valence-corrected chi connectivity index (χ4v) is 2.48. The molecule has 4 nitrogen and oxygen atoms in total. The molecule has 1 fully saturated rings. The number of thiocarbonyl (C=S) groups is 1. The number of nitrogens with one attached hydrogen (secondary N) is 1. The molecule has 0 aliphatic carbocycles. The van der Waals surface area contributed by atoms with E-state index in [0.29, 0.717) is 42.0 Å². The van der Waals surface area contributed by atoms with Crippen molar-refractivity contribution < 1.29 is 9.53 Å². The number of hydrogen-bond acceptors (Lipinski definition) is 3. The van der Waals surface area contributed by atoms with Crippen LogP contribution in [0.2, 0.25) is 10.0 Å². The van der Waals surface area contributed by atoms with Crippen molar-refractivity contribution in [1.82, 2.24) is 4.90 Å². The third kappa shape index (κ3) is 4.04. The van der Waals surface area contributed by atoms with Gasteiger partial charge >= 0.3 is 0 Å². The highest BCUT2D eigenvalue weighted by Crippen LogP contribution is 2.22. The van der Waals surface area contributed by atoms with Crippen molar-refractivity contribution in [3.8, 4) is 0 Å². The van der Waals surface area contributed by atoms with Crippen LogP contribution in [0.25, 0.3) is 0 Å². The summed E-state index contributed by atoms with van der Waals surface area (Å²) in [6.07, 6.45) is 0. The van der Waals surface area contributed by atoms with Crippen LogP contribution in [0.15, 0.2) is 18.2 Å². The molecule has 1 N–H and O–H groups in total. The largest absolute Gasteiger partial charge is 0.378 e. The van der Waals surface area contributed by atoms with Crippen molar-refractivity contribution in [3.63, 3.8) is 0 Å². The number of benzene rings is 1. The third-order valence-electron chi connectivity index (χ3n) is 2.61. The van der Waals surface area contributed by atoms with Crippen LogP contribution >= 0.6 is 35.4 Å². The zero-order valence-electron chi connectivity index (χ0n) is 9.99. The number of carbonyl (C=O) groups is 1. The summed E-state index contributed by atoms with van der Waals surface area (Å²) in [5, 5.41) is 3.61. The lowest BCUT2D eigenvalue weighted by Gasteiger charge is -2.28. The van der Waals surface area contributed by atoms with Gasteiger partial charge in [-0.15, -0.1) is 0 Å². The predicted molar refractivity (Wildman–Crippen MR) is 80.1 cm³/mol. The minimum atomic E-state index is -0.338. The van der Waals surface area contributed by atoms with Gasteiger partial charge in [0.2, 0.25) is 0 Å². The minimum Gasteiger partial charge on any atom is -0.378 e. The van der Waals surface area contributed by atoms with Crippen molar-refractivity contribution in [2.45, 2.75) is 0 Å². The molecule has 0 atom stereocenters. The number of nitrogens with zero attached hydrogens (tertiary/aromatic N) is 1. The van der Waals surface area contributed by atoms with E-state index in [1.165, 1.54) is 0 Å². The maximum Gasteiger partial charge on any atom is 0.283 e. The van der Waals surface area contributed by atoms with Crippen LogP contribution in [0, 0.1) is 0 Å². The molecule has 102 valence electrons. The third-order valence-corrected chi connectivity index (χ3v) is 3.49. The number of hydrogen-bond donors (Lipinski definition) is 1. The fraction of sp³-hybridized carbons (Fsp3) is 0.333. The molecule has 1 amide bonds. The topological polar surface area (TPSA) is 41.6 Å². The van der Waals surface area contributed by atoms with Crippen LogP contribution in [0.1, 0.15) is 0 Å². The van der Waals surface area contributed by atoms with Gasteiger partial charge in [-0.25, -0.2) is 0 Å². The lowest BCUT2D eigenvalue weighted by atomic mass is 10.3. The molecule has 0 unspecified atom stereocenters. The van der Waals surface area contributed by atoms with E-state index in [2.05, 4.69) is 5.32 Å². The van der Waals surface area contributed by atoms with Crippen LogP contribution in [-0.2, 0) is 9.53 Å². The average Bonchev–Trinajstić information content (AvgIpc) is 2.37. The molecule has 0 aromatic heterocycles. The van der Waals surface area contributed by atoms with Gasteiger partial charge in [-0.05, 0) is 18.2 Å². The van der Waals surface area contributed by atoms with Gasteiger partial charge < -0.3 is 15.0 Å². The molecular formula is C12H12Cl2N2O2S. The van der Waals surface area contributed by atoms with Crippen molar-refractivity contribution in [1.29, 1.82) is 0 Å². The first-order valence-corrected chi connectivity index (χ1v) is 6.87. The lowest BCUT2D eigenvalue weighted by molar-refractivity contribution is -0.111. The maximum absolute atomic E-state index is 12.0. The lowest BCUT2D eigenvalue weighted by Crippen LogP contribution is -2.44. The van der Waals surface area contributed by atoms with E-state index in [1.54, 1.807) is 18.2 Å². The summed E-state index contributed by atoms with van der Waals surface area (Å²) in [5.74, 6) is -0.338. The van der Waals surface area contributed by atoms with Crippen LogP contribution in [0.5, 0.6) is 0 Å². The summed E-state index contributed by atoms with van der Waals surface area (Å²) in [5.41, 5.74) is 0.526. The van der Waals surface area contributed by atoms with Gasteiger partial charge in [0.05, 0.1) is 13.2 Å². The maximum atomic E-state index is 12.0. The van der Waals surface area contributed by atoms with Crippen molar-refractivity contribution >= 4 is 52.0 Å². The van der Waals surface area contributed by atoms with E-state index < -0.39 is 0 Å². The first-order chi connectivity index (χ1) is 9.06. The minimum absolute atomic E-state index is 0.249. The molecule has 1 saturated heterocycles. The summed E-state index contributed by atoms with van der Waals surface area (Å²) in [7, 11) is 0. The zero-order valence-corrected chi connectivity index (χ0v) is 12.3. The molecule has 0 saturated carbocycles. The van der Waals surface area contributed by atoms with E-state index in [1.807, 2.05) is 4.90 Å². The summed E-state index contributed by atoms with van der Waals surface area (Å²) in [4.78, 5) is 14.1. The number of ether oxygens (including phenoxy) is 1. The Kier molecular flexibility index (Phi) is 4.99. The van der Waals surface area contributed by atoms with Crippen LogP contribution < -0.4 is 5.32 Å². The summed E-state index contributed by atoms with van der Waals surface area (Å²) >= 11 is 16.9. The molecule has 1 aromatic carbocycles. The Morgan fingerprint density at radius 2 is 1.79 bits per heavy atom. The Bertz CT molecular complexity index is 484. The second-order valence-electron chi connectivity index (χ2n) is 4.02. The number of anilines is 1. The molecule has 1 aromatic rings. The molecule has 7 heteroatoms. The standard InChI is InChI=1S/C12H12Cl2N2O2S/c13-8-5-9(14)7-10(6-8)15-11(17)12(19)16-1-3-18-4-2-16/h5-7H,1-4H2,(H,15,17). The summed E-state index contributed by atoms with van der Waals surface area (Å²) in [6.45, 7) is 2.41. The molecule has 0 spiro atoms. The van der Waals surface area contributed by atoms with Crippen LogP contribution in [0.4, 0.5) is 5.69 Å². The van der Waals surface area contributed by atoms with Crippen molar-refractivity contribution in [3.05, 3.63) is 28.2 Å². The van der Waals surface area contributed by atoms with E-state index in [-0.39, 0.29) is 10.9 Å². The smallest absolute Gasteiger partial charge is 0.283 e. The number of amides is 1. The Hall–Kier alpha value is -0.880. The Balaban J connectivity index is 2.01. The second-order valence-corrected chi connectivity index (χ2v) is 5.28. The van der Waals surface area contributed by atoms with Crippen molar-refractivity contribution in [2.75, 3.05) is 31.6 Å². The fourth-order valence-electron chi connectivity index (χ4n) is 1.72. The molecule has 1 heterocycles. The highest BCUT2D eigenvalue weighted by Gasteiger charge is 2.19. The molecule has 0 bridgehead atoms. The van der Waals surface area contributed by atoms with Gasteiger partial charge in [0.25, 0.3) is 5.91 Å². The van der Waals surface area contributed by atoms with Crippen LogP contribution in [0.3, 0.4) is 0 Å². The van der Waals surface area contributed by atoms with Crippen LogP contribution in [-0.4, -0.2) is 42.1 Å². The van der Waals surface area contributed by atoms with Gasteiger partial charge in [0.15, 0.2) is 4.99 Å². The summed E-state index contributed by atoms with van der Waals surface area (Å²) < 4.78 is 5.21. The number of halogens is 2. The molecule has 1 aliphatic rings. The SMILES string of the molecule is O=C(Nc1cc(Cl)cc(Cl)c1)C(=S)N1CCOCC1.